The number of H-pyrrole nitrogens is 1. The van der Waals surface area contributed by atoms with Gasteiger partial charge in [0.2, 0.25) is 10.0 Å². The van der Waals surface area contributed by atoms with E-state index >= 15 is 0 Å². The van der Waals surface area contributed by atoms with Crippen molar-refractivity contribution in [2.75, 3.05) is 30.8 Å². The Balaban J connectivity index is 1.53. The third-order valence-electron chi connectivity index (χ3n) is 6.69. The van der Waals surface area contributed by atoms with E-state index in [4.69, 9.17) is 0 Å². The van der Waals surface area contributed by atoms with Crippen molar-refractivity contribution in [3.8, 4) is 17.0 Å². The highest BCUT2D eigenvalue weighted by Crippen LogP contribution is 2.41. The van der Waals surface area contributed by atoms with Gasteiger partial charge in [0.1, 0.15) is 11.5 Å². The molecular weight excluding hydrogens is 545 g/mol. The number of nitrogens with zero attached hydrogens (tertiary/aromatic N) is 4. The summed E-state index contributed by atoms with van der Waals surface area (Å²) in [6.07, 6.45) is -2.22. The predicted molar refractivity (Wildman–Crippen MR) is 134 cm³/mol. The zero-order valence-corrected chi connectivity index (χ0v) is 21.2. The number of sulfonamides is 1. The lowest BCUT2D eigenvalue weighted by Crippen LogP contribution is -2.55. The molecule has 1 saturated heterocycles. The van der Waals surface area contributed by atoms with Gasteiger partial charge in [-0.3, -0.25) is 5.10 Å². The number of rotatable bonds is 5. The van der Waals surface area contributed by atoms with Crippen molar-refractivity contribution < 1.29 is 35.5 Å². The lowest BCUT2D eigenvalue weighted by molar-refractivity contribution is -0.140. The largest absolute Gasteiger partial charge is 0.503 e. The highest BCUT2D eigenvalue weighted by atomic mass is 32.2. The number of piperazine rings is 1. The van der Waals surface area contributed by atoms with Crippen LogP contribution in [0.5, 0.6) is 5.75 Å². The molecular formula is C25H22F5N5O3S. The molecule has 2 aromatic heterocycles. The second-order valence-electron chi connectivity index (χ2n) is 9.26. The summed E-state index contributed by atoms with van der Waals surface area (Å²) < 4.78 is 94.4. The van der Waals surface area contributed by atoms with Crippen LogP contribution >= 0.6 is 0 Å². The van der Waals surface area contributed by atoms with E-state index in [0.717, 1.165) is 11.8 Å². The SMILES string of the molecule is CS(=O)(=O)N1CCN(c2cc3[nH]nc(-c4cc(C(F)(F)F)c(F)c(O)c4F)c3cn2)[C@H](Cc2ccccc2)C1. The van der Waals surface area contributed by atoms with E-state index in [1.165, 1.54) is 10.5 Å². The highest BCUT2D eigenvalue weighted by molar-refractivity contribution is 7.88. The summed E-state index contributed by atoms with van der Waals surface area (Å²) in [5, 5.41) is 16.4. The summed E-state index contributed by atoms with van der Waals surface area (Å²) >= 11 is 0. The van der Waals surface area contributed by atoms with Crippen molar-refractivity contribution in [3.63, 3.8) is 0 Å². The molecule has 0 radical (unpaired) electrons. The molecule has 3 heterocycles. The summed E-state index contributed by atoms with van der Waals surface area (Å²) in [5.74, 6) is -5.00. The van der Waals surface area contributed by atoms with Crippen molar-refractivity contribution in [1.29, 1.82) is 0 Å². The molecule has 0 unspecified atom stereocenters. The Kier molecular flexibility index (Phi) is 6.71. The molecule has 14 heteroatoms. The molecule has 5 rings (SSSR count). The third kappa shape index (κ3) is 5.13. The first kappa shape index (κ1) is 26.8. The Morgan fingerprint density at radius 3 is 2.49 bits per heavy atom. The van der Waals surface area contributed by atoms with Gasteiger partial charge in [0.15, 0.2) is 17.4 Å². The number of aromatic nitrogens is 3. The molecule has 2 aromatic carbocycles. The summed E-state index contributed by atoms with van der Waals surface area (Å²) in [5.41, 5.74) is -1.57. The van der Waals surface area contributed by atoms with Crippen LogP contribution < -0.4 is 4.90 Å². The number of aromatic hydroxyl groups is 1. The first-order valence-electron chi connectivity index (χ1n) is 11.7. The number of phenolic OH excluding ortho intramolecular Hbond substituents is 1. The predicted octanol–water partition coefficient (Wildman–Crippen LogP) is 4.32. The van der Waals surface area contributed by atoms with E-state index in [0.29, 0.717) is 24.3 Å². The average molecular weight is 568 g/mol. The van der Waals surface area contributed by atoms with Gasteiger partial charge in [-0.2, -0.15) is 22.6 Å². The fourth-order valence-electron chi connectivity index (χ4n) is 4.76. The van der Waals surface area contributed by atoms with Crippen LogP contribution in [-0.4, -0.2) is 64.9 Å². The molecule has 1 aliphatic heterocycles. The summed E-state index contributed by atoms with van der Waals surface area (Å²) in [6, 6.07) is 11.0. The fourth-order valence-corrected chi connectivity index (χ4v) is 5.61. The van der Waals surface area contributed by atoms with Crippen LogP contribution in [-0.2, 0) is 22.6 Å². The standard InChI is InChI=1S/C25H22F5N5O3S/c1-39(37,38)34-7-8-35(15(13-34)9-14-5-3-2-4-6-14)20-11-19-17(12-31-20)23(33-32-19)16-10-18(25(28,29)30)22(27)24(36)21(16)26/h2-6,10-12,15,36H,7-9,13H2,1H3,(H,32,33)/t15-/m1/s1. The van der Waals surface area contributed by atoms with Crippen LogP contribution in [0.2, 0.25) is 0 Å². The van der Waals surface area contributed by atoms with Gasteiger partial charge in [0, 0.05) is 48.9 Å². The second kappa shape index (κ2) is 9.75. The average Bonchev–Trinajstić information content (AvgIpc) is 3.30. The van der Waals surface area contributed by atoms with Gasteiger partial charge in [0.05, 0.1) is 17.3 Å². The number of alkyl halides is 3. The maximum absolute atomic E-state index is 14.7. The normalized spacial score (nSPS) is 17.2. The molecule has 39 heavy (non-hydrogen) atoms. The van der Waals surface area contributed by atoms with E-state index in [2.05, 4.69) is 15.2 Å². The first-order chi connectivity index (χ1) is 18.3. The molecule has 4 aromatic rings. The van der Waals surface area contributed by atoms with Crippen LogP contribution in [0.4, 0.5) is 27.8 Å². The number of phenols is 1. The molecule has 1 atom stereocenters. The first-order valence-corrected chi connectivity index (χ1v) is 13.6. The van der Waals surface area contributed by atoms with Gasteiger partial charge < -0.3 is 10.0 Å². The van der Waals surface area contributed by atoms with E-state index in [1.807, 2.05) is 35.2 Å². The molecule has 0 spiro atoms. The molecule has 2 N–H and O–H groups in total. The Bertz CT molecular complexity index is 1640. The summed E-state index contributed by atoms with van der Waals surface area (Å²) in [4.78, 5) is 6.36. The van der Waals surface area contributed by atoms with E-state index in [-0.39, 0.29) is 36.3 Å². The fraction of sp³-hybridized carbons (Fsp3) is 0.280. The molecule has 8 nitrogen and oxygen atoms in total. The van der Waals surface area contributed by atoms with Crippen LogP contribution in [0.15, 0.2) is 48.7 Å². The lowest BCUT2D eigenvalue weighted by atomic mass is 10.0. The van der Waals surface area contributed by atoms with Crippen molar-refractivity contribution in [2.24, 2.45) is 0 Å². The van der Waals surface area contributed by atoms with Crippen molar-refractivity contribution in [2.45, 2.75) is 18.6 Å². The number of hydrogen-bond donors (Lipinski definition) is 2. The number of nitrogens with one attached hydrogen (secondary N) is 1. The molecule has 0 bridgehead atoms. The lowest BCUT2D eigenvalue weighted by Gasteiger charge is -2.41. The molecule has 1 fully saturated rings. The summed E-state index contributed by atoms with van der Waals surface area (Å²) in [7, 11) is -3.44. The zero-order valence-electron chi connectivity index (χ0n) is 20.4. The monoisotopic (exact) mass is 567 g/mol. The Morgan fingerprint density at radius 2 is 1.82 bits per heavy atom. The van der Waals surface area contributed by atoms with E-state index in [9.17, 15) is 35.5 Å². The second-order valence-corrected chi connectivity index (χ2v) is 11.2. The van der Waals surface area contributed by atoms with Gasteiger partial charge in [-0.15, -0.1) is 0 Å². The van der Waals surface area contributed by atoms with Crippen molar-refractivity contribution in [1.82, 2.24) is 19.5 Å². The minimum Gasteiger partial charge on any atom is -0.503 e. The molecule has 206 valence electrons. The number of fused-ring (bicyclic) bond motifs is 1. The quantitative estimate of drug-likeness (QED) is 0.349. The summed E-state index contributed by atoms with van der Waals surface area (Å²) in [6.45, 7) is 0.750. The van der Waals surface area contributed by atoms with E-state index < -0.39 is 44.7 Å². The van der Waals surface area contributed by atoms with E-state index in [1.54, 1.807) is 6.07 Å². The van der Waals surface area contributed by atoms with Crippen LogP contribution in [0.25, 0.3) is 22.2 Å². The maximum atomic E-state index is 14.7. The topological polar surface area (TPSA) is 102 Å². The van der Waals surface area contributed by atoms with Gasteiger partial charge >= 0.3 is 6.18 Å². The van der Waals surface area contributed by atoms with Gasteiger partial charge in [0.25, 0.3) is 0 Å². The number of aromatic amines is 1. The number of anilines is 1. The van der Waals surface area contributed by atoms with Gasteiger partial charge in [-0.05, 0) is 18.1 Å². The zero-order chi connectivity index (χ0) is 28.1. The molecule has 0 saturated carbocycles. The third-order valence-corrected chi connectivity index (χ3v) is 7.96. The minimum absolute atomic E-state index is 0.145. The number of hydrogen-bond acceptors (Lipinski definition) is 6. The number of halogens is 5. The van der Waals surface area contributed by atoms with Gasteiger partial charge in [-0.1, -0.05) is 30.3 Å². The highest BCUT2D eigenvalue weighted by Gasteiger charge is 2.38. The Hall–Kier alpha value is -3.78. The Morgan fingerprint density at radius 1 is 1.10 bits per heavy atom. The maximum Gasteiger partial charge on any atom is 0.419 e. The van der Waals surface area contributed by atoms with Gasteiger partial charge in [-0.25, -0.2) is 22.2 Å². The molecule has 0 amide bonds. The van der Waals surface area contributed by atoms with Crippen molar-refractivity contribution in [3.05, 3.63) is 71.4 Å². The van der Waals surface area contributed by atoms with Crippen LogP contribution in [0, 0.1) is 11.6 Å². The minimum atomic E-state index is -5.18. The van der Waals surface area contributed by atoms with Crippen LogP contribution in [0.1, 0.15) is 11.1 Å². The number of benzene rings is 2. The van der Waals surface area contributed by atoms with Crippen LogP contribution in [0.3, 0.4) is 0 Å². The number of pyridine rings is 1. The smallest absolute Gasteiger partial charge is 0.419 e. The Labute approximate surface area is 219 Å². The van der Waals surface area contributed by atoms with Crippen molar-refractivity contribution >= 4 is 26.7 Å². The molecule has 0 aliphatic carbocycles. The molecule has 1 aliphatic rings.